The lowest BCUT2D eigenvalue weighted by atomic mass is 9.81. The number of amides is 2. The number of benzene rings is 1. The summed E-state index contributed by atoms with van der Waals surface area (Å²) in [4.78, 5) is 28.1. The van der Waals surface area contributed by atoms with Crippen molar-refractivity contribution in [3.63, 3.8) is 0 Å². The standard InChI is InChI=1S/C27H38N6O2.ClH/c1-18-3-8-24-23(13-18)31-26-22(16-30-32(26)2)17-33(24)27(35)21-6-4-20(5-7-21)15-29-25(34)14-19-9-11-28-12-10-19;/h3,8,13,16,19-21,28,31H,4-7,9-12,14-15,17H2,1-2H3,(H,29,34);1H. The van der Waals surface area contributed by atoms with Crippen molar-refractivity contribution in [1.82, 2.24) is 20.4 Å². The predicted molar refractivity (Wildman–Crippen MR) is 145 cm³/mol. The van der Waals surface area contributed by atoms with Gasteiger partial charge in [-0.05, 0) is 88.1 Å². The van der Waals surface area contributed by atoms with Crippen LogP contribution in [0.15, 0.2) is 24.4 Å². The third-order valence-corrected chi connectivity index (χ3v) is 8.02. The number of aryl methyl sites for hydroxylation is 2. The number of nitrogens with one attached hydrogen (secondary N) is 3. The lowest BCUT2D eigenvalue weighted by Crippen LogP contribution is -2.39. The van der Waals surface area contributed by atoms with Crippen LogP contribution in [0.1, 0.15) is 56.1 Å². The molecule has 1 aromatic heterocycles. The van der Waals surface area contributed by atoms with Crippen LogP contribution in [0.2, 0.25) is 0 Å². The van der Waals surface area contributed by atoms with E-state index in [0.29, 0.717) is 24.8 Å². The predicted octanol–water partition coefficient (Wildman–Crippen LogP) is 4.05. The zero-order valence-electron chi connectivity index (χ0n) is 21.4. The summed E-state index contributed by atoms with van der Waals surface area (Å²) >= 11 is 0. The Hall–Kier alpha value is -2.58. The summed E-state index contributed by atoms with van der Waals surface area (Å²) in [5.74, 6) is 2.31. The first kappa shape index (κ1) is 26.5. The number of piperidine rings is 1. The van der Waals surface area contributed by atoms with E-state index in [0.717, 1.165) is 86.5 Å². The average molecular weight is 515 g/mol. The molecule has 0 bridgehead atoms. The van der Waals surface area contributed by atoms with Gasteiger partial charge in [0.1, 0.15) is 5.82 Å². The van der Waals surface area contributed by atoms with Crippen molar-refractivity contribution >= 4 is 41.4 Å². The van der Waals surface area contributed by atoms with E-state index in [2.05, 4.69) is 46.2 Å². The molecule has 36 heavy (non-hydrogen) atoms. The van der Waals surface area contributed by atoms with E-state index in [-0.39, 0.29) is 30.1 Å². The number of rotatable bonds is 5. The number of carbonyl (C=O) groups is 2. The fraction of sp³-hybridized carbons (Fsp3) is 0.593. The lowest BCUT2D eigenvalue weighted by Gasteiger charge is -2.32. The van der Waals surface area contributed by atoms with Crippen LogP contribution in [0.4, 0.5) is 17.2 Å². The molecule has 1 saturated heterocycles. The molecule has 0 radical (unpaired) electrons. The third-order valence-electron chi connectivity index (χ3n) is 8.02. The van der Waals surface area contributed by atoms with E-state index in [4.69, 9.17) is 0 Å². The SMILES string of the molecule is Cc1ccc2c(c1)Nc1c(cnn1C)CN2C(=O)C1CCC(CNC(=O)CC2CCNCC2)CC1.Cl. The highest BCUT2D eigenvalue weighted by atomic mass is 35.5. The second-order valence-corrected chi connectivity index (χ2v) is 10.6. The summed E-state index contributed by atoms with van der Waals surface area (Å²) in [5.41, 5.74) is 4.06. The van der Waals surface area contributed by atoms with Gasteiger partial charge in [-0.1, -0.05) is 6.07 Å². The molecule has 2 aromatic rings. The van der Waals surface area contributed by atoms with Crippen LogP contribution >= 0.6 is 12.4 Å². The molecule has 0 spiro atoms. The molecule has 3 N–H and O–H groups in total. The van der Waals surface area contributed by atoms with Crippen molar-refractivity contribution in [3.05, 3.63) is 35.5 Å². The molecule has 1 saturated carbocycles. The van der Waals surface area contributed by atoms with E-state index >= 15 is 0 Å². The molecule has 5 rings (SSSR count). The molecular formula is C27H39ClN6O2. The largest absolute Gasteiger partial charge is 0.356 e. The van der Waals surface area contributed by atoms with Crippen LogP contribution in [0.25, 0.3) is 0 Å². The maximum absolute atomic E-state index is 13.8. The number of fused-ring (bicyclic) bond motifs is 2. The van der Waals surface area contributed by atoms with Crippen molar-refractivity contribution in [3.8, 4) is 0 Å². The Balaban J connectivity index is 0.00000304. The summed E-state index contributed by atoms with van der Waals surface area (Å²) in [6, 6.07) is 6.22. The highest BCUT2D eigenvalue weighted by Crippen LogP contribution is 2.39. The normalized spacial score (nSPS) is 21.9. The van der Waals surface area contributed by atoms with Gasteiger partial charge in [0.05, 0.1) is 24.1 Å². The second kappa shape index (κ2) is 11.6. The molecule has 0 atom stereocenters. The van der Waals surface area contributed by atoms with Crippen LogP contribution in [0.3, 0.4) is 0 Å². The third kappa shape index (κ3) is 5.86. The van der Waals surface area contributed by atoms with E-state index in [9.17, 15) is 9.59 Å². The molecule has 3 aliphatic rings. The number of aromatic nitrogens is 2. The van der Waals surface area contributed by atoms with Gasteiger partial charge in [0, 0.05) is 31.5 Å². The molecule has 2 amide bonds. The minimum Gasteiger partial charge on any atom is -0.356 e. The van der Waals surface area contributed by atoms with Crippen molar-refractivity contribution < 1.29 is 9.59 Å². The number of hydrogen-bond acceptors (Lipinski definition) is 5. The average Bonchev–Trinajstić information content (AvgIpc) is 3.11. The maximum Gasteiger partial charge on any atom is 0.230 e. The quantitative estimate of drug-likeness (QED) is 0.560. The Labute approximate surface area is 220 Å². The molecule has 3 heterocycles. The fourth-order valence-corrected chi connectivity index (χ4v) is 5.84. The van der Waals surface area contributed by atoms with Crippen LogP contribution in [0.5, 0.6) is 0 Å². The van der Waals surface area contributed by atoms with Crippen LogP contribution in [-0.4, -0.2) is 41.2 Å². The maximum atomic E-state index is 13.8. The van der Waals surface area contributed by atoms with Gasteiger partial charge in [-0.25, -0.2) is 0 Å². The smallest absolute Gasteiger partial charge is 0.230 e. The molecule has 9 heteroatoms. The van der Waals surface area contributed by atoms with Crippen molar-refractivity contribution in [2.24, 2.45) is 24.8 Å². The van der Waals surface area contributed by atoms with Gasteiger partial charge in [0.2, 0.25) is 11.8 Å². The number of nitrogens with zero attached hydrogens (tertiary/aromatic N) is 3. The minimum absolute atomic E-state index is 0. The molecular weight excluding hydrogens is 476 g/mol. The van der Waals surface area contributed by atoms with Gasteiger partial charge < -0.3 is 20.9 Å². The number of carbonyl (C=O) groups excluding carboxylic acids is 2. The summed E-state index contributed by atoms with van der Waals surface area (Å²) in [5, 5.41) is 14.4. The molecule has 1 aliphatic carbocycles. The summed E-state index contributed by atoms with van der Waals surface area (Å²) in [6.45, 7) is 5.37. The Kier molecular flexibility index (Phi) is 8.57. The Morgan fingerprint density at radius 2 is 1.83 bits per heavy atom. The van der Waals surface area contributed by atoms with Crippen molar-refractivity contribution in [1.29, 1.82) is 0 Å². The summed E-state index contributed by atoms with van der Waals surface area (Å²) < 4.78 is 1.83. The highest BCUT2D eigenvalue weighted by molar-refractivity contribution is 5.99. The number of hydrogen-bond donors (Lipinski definition) is 3. The van der Waals surface area contributed by atoms with Crippen LogP contribution < -0.4 is 20.9 Å². The van der Waals surface area contributed by atoms with Gasteiger partial charge >= 0.3 is 0 Å². The Morgan fingerprint density at radius 1 is 1.08 bits per heavy atom. The summed E-state index contributed by atoms with van der Waals surface area (Å²) in [6.07, 6.45) is 8.39. The molecule has 2 aliphatic heterocycles. The summed E-state index contributed by atoms with van der Waals surface area (Å²) in [7, 11) is 1.92. The molecule has 0 unspecified atom stereocenters. The zero-order chi connectivity index (χ0) is 24.4. The first-order valence-corrected chi connectivity index (χ1v) is 13.1. The van der Waals surface area contributed by atoms with E-state index in [1.165, 1.54) is 0 Å². The molecule has 8 nitrogen and oxygen atoms in total. The number of anilines is 3. The van der Waals surface area contributed by atoms with Crippen molar-refractivity contribution in [2.75, 3.05) is 29.9 Å². The van der Waals surface area contributed by atoms with Crippen molar-refractivity contribution in [2.45, 2.75) is 58.4 Å². The minimum atomic E-state index is 0. The second-order valence-electron chi connectivity index (χ2n) is 10.6. The van der Waals surface area contributed by atoms with Gasteiger partial charge in [-0.3, -0.25) is 14.3 Å². The van der Waals surface area contributed by atoms with E-state index in [1.54, 1.807) is 0 Å². The van der Waals surface area contributed by atoms with Gasteiger partial charge in [0.15, 0.2) is 0 Å². The topological polar surface area (TPSA) is 91.3 Å². The molecule has 1 aromatic carbocycles. The number of halogens is 1. The monoisotopic (exact) mass is 514 g/mol. The Bertz CT molecular complexity index is 1070. The molecule has 196 valence electrons. The first-order valence-electron chi connectivity index (χ1n) is 13.1. The van der Waals surface area contributed by atoms with E-state index in [1.807, 2.05) is 22.8 Å². The Morgan fingerprint density at radius 3 is 2.58 bits per heavy atom. The fourth-order valence-electron chi connectivity index (χ4n) is 5.84. The molecule has 2 fully saturated rings. The van der Waals surface area contributed by atoms with Gasteiger partial charge in [0.25, 0.3) is 0 Å². The zero-order valence-corrected chi connectivity index (χ0v) is 22.2. The van der Waals surface area contributed by atoms with Crippen LogP contribution in [0, 0.1) is 24.7 Å². The van der Waals surface area contributed by atoms with Crippen LogP contribution in [-0.2, 0) is 23.2 Å². The highest BCUT2D eigenvalue weighted by Gasteiger charge is 2.33. The van der Waals surface area contributed by atoms with E-state index < -0.39 is 0 Å². The lowest BCUT2D eigenvalue weighted by molar-refractivity contribution is -0.124. The van der Waals surface area contributed by atoms with Gasteiger partial charge in [-0.2, -0.15) is 5.10 Å². The first-order chi connectivity index (χ1) is 17.0. The van der Waals surface area contributed by atoms with Gasteiger partial charge in [-0.15, -0.1) is 12.4 Å².